The molecule has 8 rings (SSSR count). The van der Waals surface area contributed by atoms with Crippen molar-refractivity contribution in [1.82, 2.24) is 9.55 Å². The van der Waals surface area contributed by atoms with Crippen LogP contribution in [0.3, 0.4) is 0 Å². The van der Waals surface area contributed by atoms with Crippen LogP contribution in [0.15, 0.2) is 157 Å². The molecule has 0 saturated heterocycles. The van der Waals surface area contributed by atoms with Crippen LogP contribution in [0.25, 0.3) is 71.9 Å². The summed E-state index contributed by atoms with van der Waals surface area (Å²) in [6.45, 7) is 0. The summed E-state index contributed by atoms with van der Waals surface area (Å²) in [5.41, 5.74) is -0.454. The van der Waals surface area contributed by atoms with Gasteiger partial charge in [-0.15, -0.1) is 0 Å². The summed E-state index contributed by atoms with van der Waals surface area (Å²) in [4.78, 5) is 4.72. The average molecular weight is 541 g/mol. The van der Waals surface area contributed by atoms with E-state index in [0.717, 1.165) is 0 Å². The zero-order valence-corrected chi connectivity index (χ0v) is 21.0. The van der Waals surface area contributed by atoms with E-state index in [4.69, 9.17) is 24.2 Å². The molecule has 192 valence electrons. The maximum atomic E-state index is 9.36. The Morgan fingerprint density at radius 2 is 1.00 bits per heavy atom. The van der Waals surface area contributed by atoms with Crippen LogP contribution in [-0.4, -0.2) is 9.55 Å². The van der Waals surface area contributed by atoms with E-state index in [0.29, 0.717) is 11.0 Å². The Morgan fingerprint density at radius 3 is 1.66 bits per heavy atom. The fraction of sp³-hybridized carbons (Fsp3) is 0. The second-order valence-electron chi connectivity index (χ2n) is 9.03. The van der Waals surface area contributed by atoms with Crippen LogP contribution in [0.1, 0.15) is 24.7 Å². The minimum Gasteiger partial charge on any atom is -0.292 e. The molecule has 0 atom stereocenters. The predicted molar refractivity (Wildman–Crippen MR) is 172 cm³/mol. The average Bonchev–Trinajstić information content (AvgIpc) is 3.61. The number of hydrogen-bond donors (Lipinski definition) is 0. The molecule has 0 fully saturated rings. The summed E-state index contributed by atoms with van der Waals surface area (Å²) in [5, 5.41) is -1.40. The van der Waals surface area contributed by atoms with Crippen LogP contribution >= 0.6 is 0 Å². The van der Waals surface area contributed by atoms with Crippen molar-refractivity contribution in [3.05, 3.63) is 157 Å². The Hall–Kier alpha value is -5.47. The van der Waals surface area contributed by atoms with Gasteiger partial charge in [0.05, 0.1) is 41.4 Å². The minimum absolute atomic E-state index is 0.0851. The smallest absolute Gasteiger partial charge is 0.145 e. The van der Waals surface area contributed by atoms with E-state index in [2.05, 4.69) is 0 Å². The minimum atomic E-state index is -0.787. The third-order valence-electron chi connectivity index (χ3n) is 6.82. The highest BCUT2D eigenvalue weighted by Gasteiger charge is 2.21. The van der Waals surface area contributed by atoms with Gasteiger partial charge in [0.1, 0.15) is 5.82 Å². The van der Waals surface area contributed by atoms with Crippen LogP contribution in [0, 0.1) is 0 Å². The Bertz CT molecular complexity index is 3070. The lowest BCUT2D eigenvalue weighted by Gasteiger charge is -2.20. The molecular formula is C39H26N2. The highest BCUT2D eigenvalue weighted by atomic mass is 15.1. The molecule has 2 nitrogen and oxygen atoms in total. The summed E-state index contributed by atoms with van der Waals surface area (Å²) >= 11 is 0. The standard InChI is InChI=1S/C39H26N2/c1-3-15-27(16-4-1)37-29-19-7-9-21-31(29)38(32-22-10-8-20-30(32)37)33-23-11-13-25-35(33)41-36-26-14-12-24-34(36)40-39(41)28-17-5-2-6-18-28/h1-26H/i1D,2D,3D,4D,5D,6D,7D,8D,9D,10D,15D,16D,17D,18D,19D,20D,21D,22D. The molecule has 0 amide bonds. The van der Waals surface area contributed by atoms with Gasteiger partial charge in [0, 0.05) is 11.1 Å². The number of nitrogens with zero attached hydrogens (tertiary/aromatic N) is 2. The first-order chi connectivity index (χ1) is 27.8. The Morgan fingerprint density at radius 1 is 0.488 bits per heavy atom. The van der Waals surface area contributed by atoms with Gasteiger partial charge in [-0.1, -0.05) is 139 Å². The van der Waals surface area contributed by atoms with Gasteiger partial charge < -0.3 is 0 Å². The maximum Gasteiger partial charge on any atom is 0.145 e. The first-order valence-corrected chi connectivity index (χ1v) is 12.5. The van der Waals surface area contributed by atoms with Crippen molar-refractivity contribution in [2.45, 2.75) is 0 Å². The molecule has 0 aliphatic carbocycles. The van der Waals surface area contributed by atoms with Crippen LogP contribution in [0.2, 0.25) is 0 Å². The summed E-state index contributed by atoms with van der Waals surface area (Å²) in [6.07, 6.45) is 0. The number of benzene rings is 7. The maximum absolute atomic E-state index is 9.36. The molecular weight excluding hydrogens is 496 g/mol. The molecule has 8 aromatic rings. The summed E-state index contributed by atoms with van der Waals surface area (Å²) in [7, 11) is 0. The number of hydrogen-bond acceptors (Lipinski definition) is 1. The second-order valence-corrected chi connectivity index (χ2v) is 9.03. The Balaban J connectivity index is 1.68. The zero-order valence-electron chi connectivity index (χ0n) is 39.0. The quantitative estimate of drug-likeness (QED) is 0.203. The van der Waals surface area contributed by atoms with Gasteiger partial charge in [-0.05, 0) is 56.4 Å². The van der Waals surface area contributed by atoms with Crippen LogP contribution in [0.4, 0.5) is 0 Å². The van der Waals surface area contributed by atoms with E-state index >= 15 is 0 Å². The normalized spacial score (nSPS) is 17.6. The number of imidazole rings is 1. The zero-order chi connectivity index (χ0) is 42.8. The number of rotatable bonds is 4. The molecule has 0 bridgehead atoms. The summed E-state index contributed by atoms with van der Waals surface area (Å²) < 4.78 is 160. The van der Waals surface area contributed by atoms with Crippen molar-refractivity contribution in [3.63, 3.8) is 0 Å². The molecule has 41 heavy (non-hydrogen) atoms. The predicted octanol–water partition coefficient (Wildman–Crippen LogP) is 10.3. The molecule has 0 N–H and O–H groups in total. The van der Waals surface area contributed by atoms with Crippen LogP contribution in [0.5, 0.6) is 0 Å². The van der Waals surface area contributed by atoms with Gasteiger partial charge in [-0.2, -0.15) is 0 Å². The molecule has 0 saturated carbocycles. The summed E-state index contributed by atoms with van der Waals surface area (Å²) in [5.74, 6) is -0.108. The molecule has 0 unspecified atom stereocenters. The van der Waals surface area contributed by atoms with E-state index in [1.807, 2.05) is 0 Å². The lowest BCUT2D eigenvalue weighted by Crippen LogP contribution is -2.01. The second kappa shape index (κ2) is 9.62. The van der Waals surface area contributed by atoms with E-state index in [9.17, 15) is 5.48 Å². The lowest BCUT2D eigenvalue weighted by atomic mass is 9.85. The van der Waals surface area contributed by atoms with E-state index in [-0.39, 0.29) is 39.0 Å². The van der Waals surface area contributed by atoms with Crippen molar-refractivity contribution < 1.29 is 24.7 Å². The number of fused-ring (bicyclic) bond motifs is 3. The molecule has 0 radical (unpaired) electrons. The number of para-hydroxylation sites is 3. The summed E-state index contributed by atoms with van der Waals surface area (Å²) in [6, 6.07) is 0.266. The van der Waals surface area contributed by atoms with Crippen LogP contribution < -0.4 is 0 Å². The topological polar surface area (TPSA) is 17.8 Å². The van der Waals surface area contributed by atoms with E-state index in [1.165, 1.54) is 10.6 Å². The van der Waals surface area contributed by atoms with Crippen molar-refractivity contribution in [3.8, 4) is 39.3 Å². The van der Waals surface area contributed by atoms with Gasteiger partial charge in [-0.25, -0.2) is 4.98 Å². The van der Waals surface area contributed by atoms with E-state index in [1.54, 1.807) is 42.5 Å². The third kappa shape index (κ3) is 3.76. The van der Waals surface area contributed by atoms with Gasteiger partial charge in [0.15, 0.2) is 0 Å². The monoisotopic (exact) mass is 540 g/mol. The highest BCUT2D eigenvalue weighted by molar-refractivity contribution is 6.22. The van der Waals surface area contributed by atoms with Crippen molar-refractivity contribution >= 4 is 32.6 Å². The fourth-order valence-electron chi connectivity index (χ4n) is 5.20. The van der Waals surface area contributed by atoms with Crippen molar-refractivity contribution in [1.29, 1.82) is 0 Å². The molecule has 0 aliphatic heterocycles. The Kier molecular flexibility index (Phi) is 2.71. The van der Waals surface area contributed by atoms with Gasteiger partial charge in [-0.3, -0.25) is 4.57 Å². The number of aromatic nitrogens is 2. The largest absolute Gasteiger partial charge is 0.292 e. The molecule has 0 aliphatic rings. The van der Waals surface area contributed by atoms with Crippen molar-refractivity contribution in [2.75, 3.05) is 0 Å². The molecule has 1 aromatic heterocycles. The van der Waals surface area contributed by atoms with Gasteiger partial charge >= 0.3 is 0 Å². The Labute approximate surface area is 264 Å². The first-order valence-electron chi connectivity index (χ1n) is 21.5. The van der Waals surface area contributed by atoms with Crippen LogP contribution in [-0.2, 0) is 0 Å². The highest BCUT2D eigenvalue weighted by Crippen LogP contribution is 2.45. The molecule has 2 heteroatoms. The van der Waals surface area contributed by atoms with E-state index < -0.39 is 131 Å². The van der Waals surface area contributed by atoms with Crippen molar-refractivity contribution in [2.24, 2.45) is 0 Å². The third-order valence-corrected chi connectivity index (χ3v) is 6.82. The molecule has 0 spiro atoms. The lowest BCUT2D eigenvalue weighted by molar-refractivity contribution is 1.10. The van der Waals surface area contributed by atoms with Gasteiger partial charge in [0.2, 0.25) is 0 Å². The fourth-order valence-corrected chi connectivity index (χ4v) is 5.20. The van der Waals surface area contributed by atoms with Gasteiger partial charge in [0.25, 0.3) is 0 Å². The molecule has 7 aromatic carbocycles. The first kappa shape index (κ1) is 11.6. The SMILES string of the molecule is [2H]c1c([2H])c([2H])c(-c2c3c([2H])c([2H])c([2H])c([2H])c3c(-c3ccccc3-n3c(-c4c([2H])c([2H])c([2H])c([2H])c4[2H])nc4ccccc43)c3c([2H])c([2H])c([2H])c([2H])c23)c([2H])c1[2H]. The molecule has 1 heterocycles.